The lowest BCUT2D eigenvalue weighted by molar-refractivity contribution is 0.122. The number of hydrogen-bond acceptors (Lipinski definition) is 3. The van der Waals surface area contributed by atoms with Crippen molar-refractivity contribution in [3.63, 3.8) is 0 Å². The van der Waals surface area contributed by atoms with E-state index in [-0.39, 0.29) is 6.10 Å². The van der Waals surface area contributed by atoms with Crippen LogP contribution in [0, 0.1) is 0 Å². The van der Waals surface area contributed by atoms with Gasteiger partial charge in [0.1, 0.15) is 0 Å². The summed E-state index contributed by atoms with van der Waals surface area (Å²) in [5, 5.41) is 12.4. The number of nitrogens with one attached hydrogen (secondary N) is 1. The summed E-state index contributed by atoms with van der Waals surface area (Å²) in [6.07, 6.45) is 1.82. The van der Waals surface area contributed by atoms with Crippen LogP contribution in [0.2, 0.25) is 0 Å². The average Bonchev–Trinajstić information content (AvgIpc) is 2.05. The van der Waals surface area contributed by atoms with Crippen molar-refractivity contribution in [2.45, 2.75) is 25.9 Å². The number of likely N-dealkylation sites (N-methyl/N-ethyl adjacent to an activating group) is 1. The zero-order chi connectivity index (χ0) is 9.40. The van der Waals surface area contributed by atoms with Gasteiger partial charge in [-0.2, -0.15) is 0 Å². The highest BCUT2D eigenvalue weighted by molar-refractivity contribution is 4.59. The molecule has 0 saturated heterocycles. The van der Waals surface area contributed by atoms with E-state index in [1.54, 1.807) is 0 Å². The Labute approximate surface area is 75.8 Å². The molecule has 0 radical (unpaired) electrons. The van der Waals surface area contributed by atoms with Crippen molar-refractivity contribution in [3.05, 3.63) is 0 Å². The predicted molar refractivity (Wildman–Crippen MR) is 52.3 cm³/mol. The van der Waals surface area contributed by atoms with E-state index in [9.17, 15) is 5.11 Å². The summed E-state index contributed by atoms with van der Waals surface area (Å²) in [7, 11) is 4.01. The molecular formula is C9H22N2O. The second-order valence-electron chi connectivity index (χ2n) is 3.28. The van der Waals surface area contributed by atoms with Gasteiger partial charge in [0.2, 0.25) is 0 Å². The van der Waals surface area contributed by atoms with Crippen molar-refractivity contribution >= 4 is 0 Å². The van der Waals surface area contributed by atoms with Crippen molar-refractivity contribution < 1.29 is 5.11 Å². The molecular weight excluding hydrogens is 152 g/mol. The third-order valence-electron chi connectivity index (χ3n) is 1.96. The van der Waals surface area contributed by atoms with E-state index in [1.807, 2.05) is 14.0 Å². The van der Waals surface area contributed by atoms with E-state index in [0.29, 0.717) is 0 Å². The minimum absolute atomic E-state index is 0.162. The zero-order valence-electron chi connectivity index (χ0n) is 8.51. The molecule has 0 bridgehead atoms. The highest BCUT2D eigenvalue weighted by atomic mass is 16.3. The molecule has 0 heterocycles. The van der Waals surface area contributed by atoms with Crippen LogP contribution in [0.4, 0.5) is 0 Å². The lowest BCUT2D eigenvalue weighted by Gasteiger charge is -2.19. The SMILES string of the molecule is CCC(O)CN(C)CCCNC. The van der Waals surface area contributed by atoms with E-state index in [4.69, 9.17) is 0 Å². The summed E-state index contributed by atoms with van der Waals surface area (Å²) in [5.41, 5.74) is 0. The number of hydrogen-bond donors (Lipinski definition) is 2. The van der Waals surface area contributed by atoms with Crippen LogP contribution in [-0.4, -0.2) is 49.8 Å². The molecule has 1 unspecified atom stereocenters. The van der Waals surface area contributed by atoms with E-state index in [1.165, 1.54) is 0 Å². The maximum absolute atomic E-state index is 9.33. The van der Waals surface area contributed by atoms with Crippen LogP contribution in [0.5, 0.6) is 0 Å². The second kappa shape index (κ2) is 7.53. The second-order valence-corrected chi connectivity index (χ2v) is 3.28. The Kier molecular flexibility index (Phi) is 7.45. The van der Waals surface area contributed by atoms with Crippen molar-refractivity contribution in [3.8, 4) is 0 Å². The number of nitrogens with zero attached hydrogens (tertiary/aromatic N) is 1. The Morgan fingerprint density at radius 2 is 2.17 bits per heavy atom. The predicted octanol–water partition coefficient (Wildman–Crippen LogP) is 0.299. The summed E-state index contributed by atoms with van der Waals surface area (Å²) < 4.78 is 0. The first-order chi connectivity index (χ1) is 5.70. The van der Waals surface area contributed by atoms with Crippen molar-refractivity contribution in [1.82, 2.24) is 10.2 Å². The standard InChI is InChI=1S/C9H22N2O/c1-4-9(12)8-11(3)7-5-6-10-2/h9-10,12H,4-8H2,1-3H3. The molecule has 0 aromatic rings. The molecule has 0 aliphatic rings. The van der Waals surface area contributed by atoms with E-state index < -0.39 is 0 Å². The molecule has 0 aliphatic heterocycles. The van der Waals surface area contributed by atoms with Crippen LogP contribution in [-0.2, 0) is 0 Å². The number of aliphatic hydroxyl groups is 1. The van der Waals surface area contributed by atoms with Crippen LogP contribution in [0.1, 0.15) is 19.8 Å². The van der Waals surface area contributed by atoms with Gasteiger partial charge in [0, 0.05) is 6.54 Å². The van der Waals surface area contributed by atoms with E-state index in [0.717, 1.165) is 32.5 Å². The lowest BCUT2D eigenvalue weighted by Crippen LogP contribution is -2.30. The molecule has 2 N–H and O–H groups in total. The van der Waals surface area contributed by atoms with Crippen LogP contribution in [0.15, 0.2) is 0 Å². The fourth-order valence-corrected chi connectivity index (χ4v) is 1.11. The van der Waals surface area contributed by atoms with Gasteiger partial charge in [0.15, 0.2) is 0 Å². The summed E-state index contributed by atoms with van der Waals surface area (Å²) in [6, 6.07) is 0. The summed E-state index contributed by atoms with van der Waals surface area (Å²) in [5.74, 6) is 0. The lowest BCUT2D eigenvalue weighted by atomic mass is 10.2. The van der Waals surface area contributed by atoms with Gasteiger partial charge < -0.3 is 15.3 Å². The molecule has 3 nitrogen and oxygen atoms in total. The van der Waals surface area contributed by atoms with Gasteiger partial charge in [-0.3, -0.25) is 0 Å². The number of aliphatic hydroxyl groups excluding tert-OH is 1. The van der Waals surface area contributed by atoms with Crippen molar-refractivity contribution in [2.24, 2.45) is 0 Å². The molecule has 0 aliphatic carbocycles. The minimum atomic E-state index is -0.162. The topological polar surface area (TPSA) is 35.5 Å². The molecule has 0 spiro atoms. The molecule has 0 rings (SSSR count). The van der Waals surface area contributed by atoms with Gasteiger partial charge >= 0.3 is 0 Å². The Morgan fingerprint density at radius 3 is 2.67 bits per heavy atom. The third-order valence-corrected chi connectivity index (χ3v) is 1.96. The summed E-state index contributed by atoms with van der Waals surface area (Å²) >= 11 is 0. The van der Waals surface area contributed by atoms with E-state index >= 15 is 0 Å². The monoisotopic (exact) mass is 174 g/mol. The Morgan fingerprint density at radius 1 is 1.50 bits per heavy atom. The van der Waals surface area contributed by atoms with Crippen molar-refractivity contribution in [1.29, 1.82) is 0 Å². The largest absolute Gasteiger partial charge is 0.392 e. The summed E-state index contributed by atoms with van der Waals surface area (Å²) in [6.45, 7) is 4.90. The molecule has 0 amide bonds. The first-order valence-electron chi connectivity index (χ1n) is 4.72. The third kappa shape index (κ3) is 6.58. The first-order valence-corrected chi connectivity index (χ1v) is 4.72. The molecule has 0 aromatic carbocycles. The quantitative estimate of drug-likeness (QED) is 0.545. The molecule has 1 atom stereocenters. The van der Waals surface area contributed by atoms with Crippen LogP contribution >= 0.6 is 0 Å². The molecule has 0 saturated carbocycles. The van der Waals surface area contributed by atoms with Gasteiger partial charge in [-0.15, -0.1) is 0 Å². The molecule has 12 heavy (non-hydrogen) atoms. The van der Waals surface area contributed by atoms with Gasteiger partial charge in [-0.1, -0.05) is 6.92 Å². The number of rotatable bonds is 7. The zero-order valence-corrected chi connectivity index (χ0v) is 8.51. The van der Waals surface area contributed by atoms with Crippen molar-refractivity contribution in [2.75, 3.05) is 33.7 Å². The normalized spacial score (nSPS) is 13.8. The molecule has 0 fully saturated rings. The smallest absolute Gasteiger partial charge is 0.0664 e. The van der Waals surface area contributed by atoms with Gasteiger partial charge in [0.05, 0.1) is 6.10 Å². The van der Waals surface area contributed by atoms with Gasteiger partial charge in [0.25, 0.3) is 0 Å². The van der Waals surface area contributed by atoms with Crippen LogP contribution in [0.25, 0.3) is 0 Å². The van der Waals surface area contributed by atoms with Gasteiger partial charge in [-0.25, -0.2) is 0 Å². The highest BCUT2D eigenvalue weighted by Gasteiger charge is 2.04. The molecule has 3 heteroatoms. The Balaban J connectivity index is 3.26. The highest BCUT2D eigenvalue weighted by Crippen LogP contribution is 1.94. The van der Waals surface area contributed by atoms with Crippen LogP contribution in [0.3, 0.4) is 0 Å². The maximum atomic E-state index is 9.33. The Hall–Kier alpha value is -0.120. The fourth-order valence-electron chi connectivity index (χ4n) is 1.11. The molecule has 74 valence electrons. The summed E-state index contributed by atoms with van der Waals surface area (Å²) in [4.78, 5) is 2.17. The maximum Gasteiger partial charge on any atom is 0.0664 e. The van der Waals surface area contributed by atoms with Gasteiger partial charge in [-0.05, 0) is 40.0 Å². The van der Waals surface area contributed by atoms with Crippen LogP contribution < -0.4 is 5.32 Å². The fraction of sp³-hybridized carbons (Fsp3) is 1.00. The Bertz CT molecular complexity index is 98.5. The molecule has 0 aromatic heterocycles. The average molecular weight is 174 g/mol. The van der Waals surface area contributed by atoms with E-state index in [2.05, 4.69) is 17.3 Å². The first kappa shape index (κ1) is 11.9. The minimum Gasteiger partial charge on any atom is -0.392 e.